The Bertz CT molecular complexity index is 368. The van der Waals surface area contributed by atoms with Gasteiger partial charge in [-0.05, 0) is 12.3 Å². The molecular formula is C10H14N4. The van der Waals surface area contributed by atoms with Crippen molar-refractivity contribution in [2.45, 2.75) is 13.3 Å². The molecule has 14 heavy (non-hydrogen) atoms. The van der Waals surface area contributed by atoms with Crippen molar-refractivity contribution in [2.75, 3.05) is 18.0 Å². The minimum atomic E-state index is 0.682. The van der Waals surface area contributed by atoms with Gasteiger partial charge in [-0.15, -0.1) is 0 Å². The van der Waals surface area contributed by atoms with Crippen molar-refractivity contribution in [3.8, 4) is 6.07 Å². The fourth-order valence-corrected chi connectivity index (χ4v) is 1.79. The van der Waals surface area contributed by atoms with Gasteiger partial charge in [-0.3, -0.25) is 4.68 Å². The number of aryl methyl sites for hydroxylation is 1. The largest absolute Gasteiger partial charge is 0.353 e. The van der Waals surface area contributed by atoms with E-state index in [2.05, 4.69) is 23.0 Å². The smallest absolute Gasteiger partial charge is 0.168 e. The zero-order chi connectivity index (χ0) is 10.1. The summed E-state index contributed by atoms with van der Waals surface area (Å²) in [6, 6.07) is 2.17. The highest BCUT2D eigenvalue weighted by Gasteiger charge is 2.28. The van der Waals surface area contributed by atoms with Gasteiger partial charge in [-0.1, -0.05) is 6.92 Å². The SMILES string of the molecule is CCC1CN(c2nn(C)cc2C#N)C1. The van der Waals surface area contributed by atoms with E-state index in [0.29, 0.717) is 5.56 Å². The Balaban J connectivity index is 2.14. The number of rotatable bonds is 2. The lowest BCUT2D eigenvalue weighted by molar-refractivity contribution is 0.394. The molecule has 1 aromatic rings. The number of anilines is 1. The van der Waals surface area contributed by atoms with E-state index >= 15 is 0 Å². The standard InChI is InChI=1S/C10H14N4/c1-3-8-5-14(6-8)10-9(4-11)7-13(2)12-10/h7-8H,3,5-6H2,1-2H3. The Morgan fingerprint density at radius 1 is 1.64 bits per heavy atom. The van der Waals surface area contributed by atoms with E-state index < -0.39 is 0 Å². The second-order valence-electron chi connectivity index (χ2n) is 3.83. The minimum absolute atomic E-state index is 0.682. The van der Waals surface area contributed by atoms with Crippen molar-refractivity contribution in [2.24, 2.45) is 13.0 Å². The summed E-state index contributed by atoms with van der Waals surface area (Å²) in [7, 11) is 1.85. The van der Waals surface area contributed by atoms with Crippen LogP contribution in [0.25, 0.3) is 0 Å². The molecule has 0 atom stereocenters. The Morgan fingerprint density at radius 2 is 2.36 bits per heavy atom. The van der Waals surface area contributed by atoms with E-state index in [9.17, 15) is 0 Å². The number of nitrogens with zero attached hydrogens (tertiary/aromatic N) is 4. The lowest BCUT2D eigenvalue weighted by Gasteiger charge is -2.39. The third-order valence-corrected chi connectivity index (χ3v) is 2.76. The average molecular weight is 190 g/mol. The zero-order valence-electron chi connectivity index (χ0n) is 8.56. The molecule has 0 aromatic carbocycles. The Kier molecular flexibility index (Phi) is 2.16. The summed E-state index contributed by atoms with van der Waals surface area (Å²) in [5, 5.41) is 13.2. The van der Waals surface area contributed by atoms with Crippen molar-refractivity contribution >= 4 is 5.82 Å². The highest BCUT2D eigenvalue weighted by Crippen LogP contribution is 2.27. The van der Waals surface area contributed by atoms with Crippen LogP contribution >= 0.6 is 0 Å². The summed E-state index contributed by atoms with van der Waals surface area (Å²) in [6.45, 7) is 4.29. The van der Waals surface area contributed by atoms with Crippen LogP contribution in [0.3, 0.4) is 0 Å². The summed E-state index contributed by atoms with van der Waals surface area (Å²) in [6.07, 6.45) is 2.99. The Labute approximate surface area is 83.7 Å². The molecule has 1 aliphatic heterocycles. The lowest BCUT2D eigenvalue weighted by atomic mass is 9.97. The number of hydrogen-bond acceptors (Lipinski definition) is 3. The number of nitriles is 1. The third kappa shape index (κ3) is 1.35. The van der Waals surface area contributed by atoms with Crippen LogP contribution in [0.4, 0.5) is 5.82 Å². The van der Waals surface area contributed by atoms with Gasteiger partial charge in [0.1, 0.15) is 11.6 Å². The van der Waals surface area contributed by atoms with Crippen LogP contribution in [0, 0.1) is 17.2 Å². The van der Waals surface area contributed by atoms with Gasteiger partial charge in [0.2, 0.25) is 0 Å². The van der Waals surface area contributed by atoms with Crippen LogP contribution in [0.15, 0.2) is 6.20 Å². The van der Waals surface area contributed by atoms with Crippen LogP contribution < -0.4 is 4.90 Å². The van der Waals surface area contributed by atoms with E-state index in [1.165, 1.54) is 6.42 Å². The first-order valence-electron chi connectivity index (χ1n) is 4.93. The van der Waals surface area contributed by atoms with Gasteiger partial charge in [0.25, 0.3) is 0 Å². The van der Waals surface area contributed by atoms with Crippen molar-refractivity contribution < 1.29 is 0 Å². The van der Waals surface area contributed by atoms with Gasteiger partial charge in [0.05, 0.1) is 0 Å². The highest BCUT2D eigenvalue weighted by atomic mass is 15.4. The molecule has 0 spiro atoms. The molecule has 0 radical (unpaired) electrons. The molecule has 0 amide bonds. The maximum Gasteiger partial charge on any atom is 0.168 e. The first-order chi connectivity index (χ1) is 6.74. The molecule has 4 nitrogen and oxygen atoms in total. The monoisotopic (exact) mass is 190 g/mol. The molecule has 2 heterocycles. The molecule has 2 rings (SSSR count). The quantitative estimate of drug-likeness (QED) is 0.702. The fourth-order valence-electron chi connectivity index (χ4n) is 1.79. The molecule has 1 saturated heterocycles. The minimum Gasteiger partial charge on any atom is -0.353 e. The normalized spacial score (nSPS) is 16.5. The Hall–Kier alpha value is -1.50. The van der Waals surface area contributed by atoms with Gasteiger partial charge in [-0.2, -0.15) is 10.4 Å². The maximum atomic E-state index is 8.89. The van der Waals surface area contributed by atoms with Gasteiger partial charge in [-0.25, -0.2) is 0 Å². The molecule has 1 aliphatic rings. The molecule has 4 heteroatoms. The second kappa shape index (κ2) is 3.33. The van der Waals surface area contributed by atoms with Crippen molar-refractivity contribution in [1.82, 2.24) is 9.78 Å². The van der Waals surface area contributed by atoms with Crippen molar-refractivity contribution in [3.63, 3.8) is 0 Å². The molecule has 1 fully saturated rings. The van der Waals surface area contributed by atoms with E-state index in [1.807, 2.05) is 7.05 Å². The molecule has 0 bridgehead atoms. The molecule has 0 N–H and O–H groups in total. The van der Waals surface area contributed by atoms with E-state index in [0.717, 1.165) is 24.8 Å². The van der Waals surface area contributed by atoms with Crippen LogP contribution in [0.1, 0.15) is 18.9 Å². The van der Waals surface area contributed by atoms with E-state index in [4.69, 9.17) is 5.26 Å². The third-order valence-electron chi connectivity index (χ3n) is 2.76. The van der Waals surface area contributed by atoms with Crippen molar-refractivity contribution in [1.29, 1.82) is 5.26 Å². The second-order valence-corrected chi connectivity index (χ2v) is 3.83. The van der Waals surface area contributed by atoms with Crippen LogP contribution in [-0.4, -0.2) is 22.9 Å². The summed E-state index contributed by atoms with van der Waals surface area (Å²) in [5.41, 5.74) is 0.682. The maximum absolute atomic E-state index is 8.89. The zero-order valence-corrected chi connectivity index (χ0v) is 8.56. The van der Waals surface area contributed by atoms with Crippen LogP contribution in [-0.2, 0) is 7.05 Å². The Morgan fingerprint density at radius 3 is 2.93 bits per heavy atom. The summed E-state index contributed by atoms with van der Waals surface area (Å²) >= 11 is 0. The first kappa shape index (κ1) is 9.07. The van der Waals surface area contributed by atoms with E-state index in [-0.39, 0.29) is 0 Å². The lowest BCUT2D eigenvalue weighted by Crippen LogP contribution is -2.47. The molecular weight excluding hydrogens is 176 g/mol. The summed E-state index contributed by atoms with van der Waals surface area (Å²) < 4.78 is 1.70. The van der Waals surface area contributed by atoms with Gasteiger partial charge < -0.3 is 4.90 Å². The van der Waals surface area contributed by atoms with Gasteiger partial charge in [0, 0.05) is 26.3 Å². The predicted molar refractivity (Wildman–Crippen MR) is 53.9 cm³/mol. The summed E-state index contributed by atoms with van der Waals surface area (Å²) in [4.78, 5) is 2.17. The highest BCUT2D eigenvalue weighted by molar-refractivity contribution is 5.54. The molecule has 0 aliphatic carbocycles. The molecule has 0 saturated carbocycles. The number of hydrogen-bond donors (Lipinski definition) is 0. The average Bonchev–Trinajstić information content (AvgIpc) is 2.45. The molecule has 74 valence electrons. The number of aromatic nitrogens is 2. The topological polar surface area (TPSA) is 44.9 Å². The van der Waals surface area contributed by atoms with Crippen LogP contribution in [0.5, 0.6) is 0 Å². The van der Waals surface area contributed by atoms with Crippen LogP contribution in [0.2, 0.25) is 0 Å². The first-order valence-corrected chi connectivity index (χ1v) is 4.93. The predicted octanol–water partition coefficient (Wildman–Crippen LogP) is 1.14. The van der Waals surface area contributed by atoms with Gasteiger partial charge in [0.15, 0.2) is 5.82 Å². The molecule has 0 unspecified atom stereocenters. The summed E-state index contributed by atoms with van der Waals surface area (Å²) in [5.74, 6) is 1.63. The fraction of sp³-hybridized carbons (Fsp3) is 0.600. The van der Waals surface area contributed by atoms with E-state index in [1.54, 1.807) is 10.9 Å². The molecule has 1 aromatic heterocycles. The van der Waals surface area contributed by atoms with Gasteiger partial charge >= 0.3 is 0 Å². The van der Waals surface area contributed by atoms with Crippen molar-refractivity contribution in [3.05, 3.63) is 11.8 Å².